The predicted molar refractivity (Wildman–Crippen MR) is 94.4 cm³/mol. The van der Waals surface area contributed by atoms with Crippen molar-refractivity contribution in [3.05, 3.63) is 63.2 Å². The number of anilines is 1. The summed E-state index contributed by atoms with van der Waals surface area (Å²) in [4.78, 5) is 12.2. The van der Waals surface area contributed by atoms with E-state index in [9.17, 15) is 10.1 Å². The lowest BCUT2D eigenvalue weighted by Gasteiger charge is -2.06. The van der Waals surface area contributed by atoms with Crippen molar-refractivity contribution in [2.75, 3.05) is 12.4 Å². The number of nitriles is 1. The molecule has 5 heteroatoms. The minimum Gasteiger partial charge on any atom is -0.496 e. The number of ether oxygens (including phenoxy) is 1. The number of methoxy groups -OCH3 is 1. The van der Waals surface area contributed by atoms with E-state index in [2.05, 4.69) is 27.9 Å². The summed E-state index contributed by atoms with van der Waals surface area (Å²) in [7, 11) is 1.55. The van der Waals surface area contributed by atoms with Gasteiger partial charge in [0, 0.05) is 14.8 Å². The average Bonchev–Trinajstić information content (AvgIpc) is 2.55. The van der Waals surface area contributed by atoms with E-state index < -0.39 is 5.91 Å². The van der Waals surface area contributed by atoms with Gasteiger partial charge < -0.3 is 10.1 Å². The van der Waals surface area contributed by atoms with Crippen LogP contribution in [-0.4, -0.2) is 13.0 Å². The number of carbonyl (C=O) groups excluding carboxylic acids is 1. The third kappa shape index (κ3) is 4.09. The number of nitrogens with zero attached hydrogens (tertiary/aromatic N) is 1. The van der Waals surface area contributed by atoms with E-state index in [1.165, 1.54) is 6.08 Å². The molecule has 0 fully saturated rings. The van der Waals surface area contributed by atoms with E-state index in [0.717, 1.165) is 3.57 Å². The standard InChI is InChI=1S/C17H13IN2O2/c1-22-16-5-3-2-4-12(16)10-13(11-19)17(21)20-15-8-6-14(18)7-9-15/h2-10H,1H3,(H,20,21). The highest BCUT2D eigenvalue weighted by Crippen LogP contribution is 2.21. The second kappa shape index (κ2) is 7.61. The fourth-order valence-corrected chi connectivity index (χ4v) is 2.18. The lowest BCUT2D eigenvalue weighted by molar-refractivity contribution is -0.112. The smallest absolute Gasteiger partial charge is 0.266 e. The summed E-state index contributed by atoms with van der Waals surface area (Å²) in [6, 6.07) is 16.5. The first kappa shape index (κ1) is 16.0. The van der Waals surface area contributed by atoms with Crippen molar-refractivity contribution in [2.24, 2.45) is 0 Å². The SMILES string of the molecule is COc1ccccc1C=C(C#N)C(=O)Nc1ccc(I)cc1. The Morgan fingerprint density at radius 2 is 1.91 bits per heavy atom. The van der Waals surface area contributed by atoms with Crippen molar-refractivity contribution in [1.29, 1.82) is 5.26 Å². The maximum atomic E-state index is 12.2. The third-order valence-electron chi connectivity index (χ3n) is 2.91. The van der Waals surface area contributed by atoms with E-state index in [1.54, 1.807) is 31.4 Å². The van der Waals surface area contributed by atoms with Crippen LogP contribution in [-0.2, 0) is 4.79 Å². The molecule has 1 N–H and O–H groups in total. The lowest BCUT2D eigenvalue weighted by Crippen LogP contribution is -2.13. The van der Waals surface area contributed by atoms with Gasteiger partial charge in [-0.05, 0) is 59.0 Å². The summed E-state index contributed by atoms with van der Waals surface area (Å²) in [5, 5.41) is 11.9. The summed E-state index contributed by atoms with van der Waals surface area (Å²) >= 11 is 2.18. The molecule has 0 aliphatic carbocycles. The zero-order valence-corrected chi connectivity index (χ0v) is 14.0. The summed E-state index contributed by atoms with van der Waals surface area (Å²) in [6.45, 7) is 0. The van der Waals surface area contributed by atoms with Crippen LogP contribution in [0.25, 0.3) is 6.08 Å². The molecule has 0 aliphatic rings. The molecule has 0 spiro atoms. The van der Waals surface area contributed by atoms with Crippen LogP contribution in [0.5, 0.6) is 5.75 Å². The van der Waals surface area contributed by atoms with Crippen LogP contribution in [0.4, 0.5) is 5.69 Å². The zero-order valence-electron chi connectivity index (χ0n) is 11.8. The zero-order chi connectivity index (χ0) is 15.9. The molecule has 0 saturated heterocycles. The highest BCUT2D eigenvalue weighted by Gasteiger charge is 2.11. The fraction of sp³-hybridized carbons (Fsp3) is 0.0588. The van der Waals surface area contributed by atoms with Gasteiger partial charge in [0.15, 0.2) is 0 Å². The highest BCUT2D eigenvalue weighted by atomic mass is 127. The first-order valence-electron chi connectivity index (χ1n) is 6.46. The molecule has 0 unspecified atom stereocenters. The molecule has 0 heterocycles. The third-order valence-corrected chi connectivity index (χ3v) is 3.63. The Kier molecular flexibility index (Phi) is 5.55. The van der Waals surface area contributed by atoms with Crippen LogP contribution in [0.15, 0.2) is 54.1 Å². The summed E-state index contributed by atoms with van der Waals surface area (Å²) in [5.41, 5.74) is 1.34. The van der Waals surface area contributed by atoms with E-state index in [0.29, 0.717) is 17.0 Å². The van der Waals surface area contributed by atoms with Gasteiger partial charge in [-0.15, -0.1) is 0 Å². The van der Waals surface area contributed by atoms with E-state index >= 15 is 0 Å². The number of hydrogen-bond acceptors (Lipinski definition) is 3. The molecule has 2 rings (SSSR count). The van der Waals surface area contributed by atoms with Crippen molar-refractivity contribution in [3.63, 3.8) is 0 Å². The molecule has 2 aromatic rings. The first-order valence-corrected chi connectivity index (χ1v) is 7.53. The Balaban J connectivity index is 2.24. The Labute approximate surface area is 142 Å². The molecule has 1 amide bonds. The molecule has 2 aromatic carbocycles. The van der Waals surface area contributed by atoms with Gasteiger partial charge in [0.05, 0.1) is 7.11 Å². The number of amides is 1. The number of benzene rings is 2. The van der Waals surface area contributed by atoms with Gasteiger partial charge in [-0.3, -0.25) is 4.79 Å². The number of hydrogen-bond donors (Lipinski definition) is 1. The van der Waals surface area contributed by atoms with Gasteiger partial charge in [-0.25, -0.2) is 0 Å². The van der Waals surface area contributed by atoms with Crippen LogP contribution < -0.4 is 10.1 Å². The number of carbonyl (C=O) groups is 1. The Morgan fingerprint density at radius 1 is 1.23 bits per heavy atom. The topological polar surface area (TPSA) is 62.1 Å². The molecular weight excluding hydrogens is 391 g/mol. The molecule has 22 heavy (non-hydrogen) atoms. The molecule has 0 radical (unpaired) electrons. The Hall–Kier alpha value is -2.33. The lowest BCUT2D eigenvalue weighted by atomic mass is 10.1. The largest absolute Gasteiger partial charge is 0.496 e. The van der Waals surface area contributed by atoms with Gasteiger partial charge in [-0.1, -0.05) is 18.2 Å². The summed E-state index contributed by atoms with van der Waals surface area (Å²) in [5.74, 6) is 0.159. The summed E-state index contributed by atoms with van der Waals surface area (Å²) < 4.78 is 6.29. The first-order chi connectivity index (χ1) is 10.6. The highest BCUT2D eigenvalue weighted by molar-refractivity contribution is 14.1. The van der Waals surface area contributed by atoms with Crippen molar-refractivity contribution in [3.8, 4) is 11.8 Å². The monoisotopic (exact) mass is 404 g/mol. The Morgan fingerprint density at radius 3 is 2.55 bits per heavy atom. The number of rotatable bonds is 4. The second-order valence-corrected chi connectivity index (χ2v) is 5.62. The van der Waals surface area contributed by atoms with Crippen LogP contribution in [0.1, 0.15) is 5.56 Å². The van der Waals surface area contributed by atoms with Gasteiger partial charge in [0.2, 0.25) is 0 Å². The maximum Gasteiger partial charge on any atom is 0.266 e. The quantitative estimate of drug-likeness (QED) is 0.479. The van der Waals surface area contributed by atoms with Crippen LogP contribution in [0.2, 0.25) is 0 Å². The van der Waals surface area contributed by atoms with Gasteiger partial charge >= 0.3 is 0 Å². The van der Waals surface area contributed by atoms with Crippen molar-refractivity contribution in [2.45, 2.75) is 0 Å². The average molecular weight is 404 g/mol. The van der Waals surface area contributed by atoms with Crippen LogP contribution >= 0.6 is 22.6 Å². The van der Waals surface area contributed by atoms with Crippen molar-refractivity contribution in [1.82, 2.24) is 0 Å². The minimum atomic E-state index is -0.449. The van der Waals surface area contributed by atoms with Crippen LogP contribution in [0.3, 0.4) is 0 Å². The molecule has 0 bridgehead atoms. The normalized spacial score (nSPS) is 10.7. The van der Waals surface area contributed by atoms with Crippen molar-refractivity contribution < 1.29 is 9.53 Å². The summed E-state index contributed by atoms with van der Waals surface area (Å²) in [6.07, 6.45) is 1.51. The Bertz CT molecular complexity index is 746. The second-order valence-electron chi connectivity index (χ2n) is 4.37. The molecular formula is C17H13IN2O2. The fourth-order valence-electron chi connectivity index (χ4n) is 1.82. The molecule has 110 valence electrons. The van der Waals surface area contributed by atoms with Gasteiger partial charge in [0.1, 0.15) is 17.4 Å². The molecule has 0 aromatic heterocycles. The molecule has 0 aliphatic heterocycles. The molecule has 0 atom stereocenters. The minimum absolute atomic E-state index is 0.0167. The van der Waals surface area contributed by atoms with Gasteiger partial charge in [0.25, 0.3) is 5.91 Å². The van der Waals surface area contributed by atoms with E-state index in [1.807, 2.05) is 30.3 Å². The van der Waals surface area contributed by atoms with Crippen molar-refractivity contribution >= 4 is 40.3 Å². The van der Waals surface area contributed by atoms with E-state index in [4.69, 9.17) is 4.74 Å². The maximum absolute atomic E-state index is 12.2. The number of nitrogens with one attached hydrogen (secondary N) is 1. The predicted octanol–water partition coefficient (Wildman–Crippen LogP) is 3.85. The van der Waals surface area contributed by atoms with Gasteiger partial charge in [-0.2, -0.15) is 5.26 Å². The number of halogens is 1. The number of para-hydroxylation sites is 1. The van der Waals surface area contributed by atoms with E-state index in [-0.39, 0.29) is 5.57 Å². The molecule has 4 nitrogen and oxygen atoms in total. The molecule has 0 saturated carbocycles. The van der Waals surface area contributed by atoms with Crippen LogP contribution in [0, 0.1) is 14.9 Å².